The summed E-state index contributed by atoms with van der Waals surface area (Å²) in [6.07, 6.45) is 0. The van der Waals surface area contributed by atoms with Crippen molar-refractivity contribution in [1.82, 2.24) is 5.32 Å². The second-order valence-electron chi connectivity index (χ2n) is 3.19. The Hall–Kier alpha value is -1.42. The van der Waals surface area contributed by atoms with Gasteiger partial charge in [-0.25, -0.2) is 0 Å². The average Bonchev–Trinajstić information content (AvgIpc) is 3.01. The van der Waals surface area contributed by atoms with E-state index in [0.717, 1.165) is 12.1 Å². The van der Waals surface area contributed by atoms with Gasteiger partial charge < -0.3 is 19.9 Å². The van der Waals surface area contributed by atoms with Gasteiger partial charge in [0.25, 0.3) is 0 Å². The predicted molar refractivity (Wildman–Crippen MR) is 52.0 cm³/mol. The molecule has 0 aliphatic carbocycles. The number of nitrogens with one attached hydrogen (secondary N) is 1. The SMILES string of the molecule is COc1ccc(OC)c([C@H]2CN2)c1O. The maximum absolute atomic E-state index is 9.87. The number of phenolic OH excluding ortho intramolecular Hbond substituents is 1. The summed E-state index contributed by atoms with van der Waals surface area (Å²) >= 11 is 0. The molecular formula is C10H13NO3. The standard InChI is InChI=1S/C10H13NO3/c1-13-7-3-4-8(14-2)10(12)9(7)6-5-11-6/h3-4,6,11-12H,5H2,1-2H3/t6-/m1/s1. The Morgan fingerprint density at radius 3 is 2.36 bits per heavy atom. The van der Waals surface area contributed by atoms with Crippen LogP contribution in [0, 0.1) is 0 Å². The Balaban J connectivity index is 2.49. The van der Waals surface area contributed by atoms with Crippen LogP contribution < -0.4 is 14.8 Å². The Morgan fingerprint density at radius 2 is 1.86 bits per heavy atom. The highest BCUT2D eigenvalue weighted by Gasteiger charge is 2.30. The van der Waals surface area contributed by atoms with Crippen LogP contribution in [-0.4, -0.2) is 25.9 Å². The number of methoxy groups -OCH3 is 2. The lowest BCUT2D eigenvalue weighted by atomic mass is 10.1. The van der Waals surface area contributed by atoms with Crippen molar-refractivity contribution in [1.29, 1.82) is 0 Å². The van der Waals surface area contributed by atoms with E-state index in [2.05, 4.69) is 5.32 Å². The highest BCUT2D eigenvalue weighted by molar-refractivity contribution is 5.55. The first-order chi connectivity index (χ1) is 6.77. The molecule has 2 rings (SSSR count). The predicted octanol–water partition coefficient (Wildman–Crippen LogP) is 1.05. The molecule has 4 heteroatoms. The minimum atomic E-state index is 0.168. The third kappa shape index (κ3) is 1.37. The summed E-state index contributed by atoms with van der Waals surface area (Å²) in [7, 11) is 3.12. The minimum absolute atomic E-state index is 0.168. The van der Waals surface area contributed by atoms with Gasteiger partial charge in [0.15, 0.2) is 11.5 Å². The van der Waals surface area contributed by atoms with E-state index in [1.807, 2.05) is 0 Å². The van der Waals surface area contributed by atoms with Crippen molar-refractivity contribution in [3.05, 3.63) is 17.7 Å². The summed E-state index contributed by atoms with van der Waals surface area (Å²) < 4.78 is 10.2. The molecule has 0 spiro atoms. The van der Waals surface area contributed by atoms with Gasteiger partial charge in [-0.1, -0.05) is 0 Å². The van der Waals surface area contributed by atoms with E-state index < -0.39 is 0 Å². The molecule has 4 nitrogen and oxygen atoms in total. The number of rotatable bonds is 3. The van der Waals surface area contributed by atoms with Crippen molar-refractivity contribution in [2.45, 2.75) is 6.04 Å². The minimum Gasteiger partial charge on any atom is -0.504 e. The maximum atomic E-state index is 9.87. The van der Waals surface area contributed by atoms with Gasteiger partial charge in [0.1, 0.15) is 5.75 Å². The van der Waals surface area contributed by atoms with Crippen LogP contribution in [0.1, 0.15) is 11.6 Å². The van der Waals surface area contributed by atoms with E-state index in [9.17, 15) is 5.11 Å². The normalized spacial score (nSPS) is 19.1. The Labute approximate surface area is 82.5 Å². The molecule has 1 saturated heterocycles. The largest absolute Gasteiger partial charge is 0.504 e. The average molecular weight is 195 g/mol. The van der Waals surface area contributed by atoms with Crippen LogP contribution in [-0.2, 0) is 0 Å². The van der Waals surface area contributed by atoms with E-state index in [1.165, 1.54) is 7.11 Å². The van der Waals surface area contributed by atoms with Crippen LogP contribution in [0.2, 0.25) is 0 Å². The highest BCUT2D eigenvalue weighted by Crippen LogP contribution is 2.42. The molecule has 1 aliphatic rings. The molecule has 76 valence electrons. The highest BCUT2D eigenvalue weighted by atomic mass is 16.5. The Morgan fingerprint density at radius 1 is 1.29 bits per heavy atom. The topological polar surface area (TPSA) is 60.6 Å². The quantitative estimate of drug-likeness (QED) is 0.708. The van der Waals surface area contributed by atoms with Gasteiger partial charge in [-0.2, -0.15) is 0 Å². The van der Waals surface area contributed by atoms with Gasteiger partial charge in [0, 0.05) is 6.54 Å². The number of hydrogen-bond acceptors (Lipinski definition) is 4. The molecule has 2 N–H and O–H groups in total. The molecule has 14 heavy (non-hydrogen) atoms. The first-order valence-electron chi connectivity index (χ1n) is 4.45. The Bertz CT molecular complexity index is 347. The van der Waals surface area contributed by atoms with E-state index in [-0.39, 0.29) is 11.8 Å². The van der Waals surface area contributed by atoms with Gasteiger partial charge in [0.2, 0.25) is 0 Å². The molecule has 0 unspecified atom stereocenters. The van der Waals surface area contributed by atoms with Crippen LogP contribution >= 0.6 is 0 Å². The maximum Gasteiger partial charge on any atom is 0.166 e. The summed E-state index contributed by atoms with van der Waals surface area (Å²) in [6.45, 7) is 0.872. The zero-order valence-electron chi connectivity index (χ0n) is 8.20. The van der Waals surface area contributed by atoms with Gasteiger partial charge in [0.05, 0.1) is 25.8 Å². The fraction of sp³-hybridized carbons (Fsp3) is 0.400. The number of phenols is 1. The smallest absolute Gasteiger partial charge is 0.166 e. The van der Waals surface area contributed by atoms with Crippen molar-refractivity contribution < 1.29 is 14.6 Å². The second-order valence-corrected chi connectivity index (χ2v) is 3.19. The molecule has 0 saturated carbocycles. The molecule has 1 aromatic rings. The van der Waals surface area contributed by atoms with Crippen molar-refractivity contribution in [2.75, 3.05) is 20.8 Å². The Kier molecular flexibility index (Phi) is 2.21. The van der Waals surface area contributed by atoms with E-state index in [0.29, 0.717) is 11.5 Å². The van der Waals surface area contributed by atoms with Gasteiger partial charge >= 0.3 is 0 Å². The zero-order chi connectivity index (χ0) is 10.1. The van der Waals surface area contributed by atoms with Crippen molar-refractivity contribution in [2.24, 2.45) is 0 Å². The lowest BCUT2D eigenvalue weighted by Crippen LogP contribution is -1.95. The van der Waals surface area contributed by atoms with Crippen LogP contribution in [0.3, 0.4) is 0 Å². The van der Waals surface area contributed by atoms with Gasteiger partial charge in [-0.15, -0.1) is 0 Å². The van der Waals surface area contributed by atoms with Crippen LogP contribution in [0.15, 0.2) is 12.1 Å². The van der Waals surface area contributed by atoms with Gasteiger partial charge in [-0.3, -0.25) is 0 Å². The molecule has 0 aromatic heterocycles. The molecule has 1 heterocycles. The molecule has 1 atom stereocenters. The van der Waals surface area contributed by atoms with E-state index in [1.54, 1.807) is 19.2 Å². The summed E-state index contributed by atoms with van der Waals surface area (Å²) in [5, 5.41) is 13.0. The number of hydrogen-bond donors (Lipinski definition) is 2. The van der Waals surface area contributed by atoms with Crippen molar-refractivity contribution in [3.63, 3.8) is 0 Å². The number of aromatic hydroxyl groups is 1. The lowest BCUT2D eigenvalue weighted by molar-refractivity contribution is 0.360. The van der Waals surface area contributed by atoms with Crippen LogP contribution in [0.25, 0.3) is 0 Å². The molecular weight excluding hydrogens is 182 g/mol. The van der Waals surface area contributed by atoms with E-state index in [4.69, 9.17) is 9.47 Å². The second kappa shape index (κ2) is 3.38. The van der Waals surface area contributed by atoms with Crippen LogP contribution in [0.5, 0.6) is 17.2 Å². The summed E-state index contributed by atoms with van der Waals surface area (Å²) in [4.78, 5) is 0. The third-order valence-electron chi connectivity index (χ3n) is 2.34. The number of benzene rings is 1. The summed E-state index contributed by atoms with van der Waals surface area (Å²) in [6, 6.07) is 3.69. The zero-order valence-corrected chi connectivity index (χ0v) is 8.20. The van der Waals surface area contributed by atoms with Crippen molar-refractivity contribution >= 4 is 0 Å². The summed E-state index contributed by atoms with van der Waals surface area (Å²) in [5.41, 5.74) is 0.784. The first kappa shape index (κ1) is 9.15. The molecule has 1 aromatic carbocycles. The molecule has 1 fully saturated rings. The van der Waals surface area contributed by atoms with Gasteiger partial charge in [-0.05, 0) is 12.1 Å². The molecule has 0 radical (unpaired) electrons. The van der Waals surface area contributed by atoms with Crippen LogP contribution in [0.4, 0.5) is 0 Å². The van der Waals surface area contributed by atoms with E-state index >= 15 is 0 Å². The monoisotopic (exact) mass is 195 g/mol. The molecule has 0 bridgehead atoms. The fourth-order valence-corrected chi connectivity index (χ4v) is 1.51. The third-order valence-corrected chi connectivity index (χ3v) is 2.34. The lowest BCUT2D eigenvalue weighted by Gasteiger charge is -2.11. The molecule has 0 amide bonds. The number of ether oxygens (including phenoxy) is 2. The molecule has 1 aliphatic heterocycles. The fourth-order valence-electron chi connectivity index (χ4n) is 1.51. The first-order valence-corrected chi connectivity index (χ1v) is 4.45. The summed E-state index contributed by atoms with van der Waals surface area (Å²) in [5.74, 6) is 1.34. The van der Waals surface area contributed by atoms with Crippen molar-refractivity contribution in [3.8, 4) is 17.2 Å².